The molecule has 0 aliphatic heterocycles. The lowest BCUT2D eigenvalue weighted by Gasteiger charge is -2.11. The molecule has 0 heterocycles. The number of benzene rings is 1. The zero-order chi connectivity index (χ0) is 9.14. The standard InChI is InChI=1S/C10H14FN/c1-3-10(12)9-5-4-8(11)6-7(9)2/h4-6,10H,3,12H2,1-2H3/t10-/m1/s1. The van der Waals surface area contributed by atoms with E-state index in [2.05, 4.69) is 0 Å². The van der Waals surface area contributed by atoms with E-state index in [1.165, 1.54) is 12.1 Å². The second-order valence-electron chi connectivity index (χ2n) is 3.02. The number of halogens is 1. The molecule has 0 saturated heterocycles. The van der Waals surface area contributed by atoms with Gasteiger partial charge in [0, 0.05) is 6.04 Å². The highest BCUT2D eigenvalue weighted by Gasteiger charge is 2.06. The van der Waals surface area contributed by atoms with Gasteiger partial charge in [-0.3, -0.25) is 0 Å². The third kappa shape index (κ3) is 1.83. The van der Waals surface area contributed by atoms with E-state index < -0.39 is 0 Å². The minimum atomic E-state index is -0.195. The van der Waals surface area contributed by atoms with Crippen molar-refractivity contribution < 1.29 is 4.39 Å². The van der Waals surface area contributed by atoms with E-state index in [1.807, 2.05) is 13.8 Å². The SMILES string of the molecule is CC[C@@H](N)c1ccc(F)cc1C. The monoisotopic (exact) mass is 167 g/mol. The molecule has 1 atom stereocenters. The number of nitrogens with two attached hydrogens (primary N) is 1. The lowest BCUT2D eigenvalue weighted by molar-refractivity contribution is 0.621. The summed E-state index contributed by atoms with van der Waals surface area (Å²) in [5, 5.41) is 0. The van der Waals surface area contributed by atoms with Gasteiger partial charge in [-0.05, 0) is 36.6 Å². The van der Waals surface area contributed by atoms with Crippen molar-refractivity contribution in [3.8, 4) is 0 Å². The van der Waals surface area contributed by atoms with Crippen LogP contribution in [-0.2, 0) is 0 Å². The first-order valence-electron chi connectivity index (χ1n) is 4.16. The Morgan fingerprint density at radius 3 is 2.67 bits per heavy atom. The Morgan fingerprint density at radius 1 is 1.50 bits per heavy atom. The molecular formula is C10H14FN. The first kappa shape index (κ1) is 9.20. The molecule has 0 aliphatic carbocycles. The molecular weight excluding hydrogens is 153 g/mol. The van der Waals surface area contributed by atoms with Crippen molar-refractivity contribution in [3.63, 3.8) is 0 Å². The maximum Gasteiger partial charge on any atom is 0.123 e. The first-order chi connectivity index (χ1) is 5.65. The Balaban J connectivity index is 3.01. The van der Waals surface area contributed by atoms with E-state index >= 15 is 0 Å². The molecule has 66 valence electrons. The van der Waals surface area contributed by atoms with Crippen molar-refractivity contribution in [2.45, 2.75) is 26.3 Å². The van der Waals surface area contributed by atoms with Crippen LogP contribution in [0.3, 0.4) is 0 Å². The summed E-state index contributed by atoms with van der Waals surface area (Å²) in [5.41, 5.74) is 7.80. The number of rotatable bonds is 2. The second-order valence-corrected chi connectivity index (χ2v) is 3.02. The van der Waals surface area contributed by atoms with Gasteiger partial charge in [0.15, 0.2) is 0 Å². The summed E-state index contributed by atoms with van der Waals surface area (Å²) in [6.07, 6.45) is 0.881. The van der Waals surface area contributed by atoms with Crippen LogP contribution in [0.25, 0.3) is 0 Å². The first-order valence-corrected chi connectivity index (χ1v) is 4.16. The van der Waals surface area contributed by atoms with Crippen LogP contribution >= 0.6 is 0 Å². The average molecular weight is 167 g/mol. The van der Waals surface area contributed by atoms with Gasteiger partial charge in [0.2, 0.25) is 0 Å². The van der Waals surface area contributed by atoms with Gasteiger partial charge >= 0.3 is 0 Å². The predicted octanol–water partition coefficient (Wildman–Crippen LogP) is 2.54. The van der Waals surface area contributed by atoms with Gasteiger partial charge in [-0.25, -0.2) is 4.39 Å². The van der Waals surface area contributed by atoms with Gasteiger partial charge < -0.3 is 5.73 Å². The minimum Gasteiger partial charge on any atom is -0.324 e. The molecule has 2 heteroatoms. The zero-order valence-electron chi connectivity index (χ0n) is 7.47. The molecule has 2 N–H and O–H groups in total. The van der Waals surface area contributed by atoms with E-state index in [0.29, 0.717) is 0 Å². The Morgan fingerprint density at radius 2 is 2.17 bits per heavy atom. The van der Waals surface area contributed by atoms with E-state index in [1.54, 1.807) is 6.07 Å². The van der Waals surface area contributed by atoms with Gasteiger partial charge in [0.05, 0.1) is 0 Å². The van der Waals surface area contributed by atoms with Crippen LogP contribution in [0, 0.1) is 12.7 Å². The third-order valence-electron chi connectivity index (χ3n) is 2.07. The van der Waals surface area contributed by atoms with Gasteiger partial charge in [0.1, 0.15) is 5.82 Å². The van der Waals surface area contributed by atoms with Crippen molar-refractivity contribution in [1.82, 2.24) is 0 Å². The zero-order valence-corrected chi connectivity index (χ0v) is 7.47. The van der Waals surface area contributed by atoms with Crippen molar-refractivity contribution in [2.75, 3.05) is 0 Å². The van der Waals surface area contributed by atoms with Crippen LogP contribution in [0.1, 0.15) is 30.5 Å². The van der Waals surface area contributed by atoms with Gasteiger partial charge in [-0.15, -0.1) is 0 Å². The summed E-state index contributed by atoms with van der Waals surface area (Å²) in [5.74, 6) is -0.195. The lowest BCUT2D eigenvalue weighted by atomic mass is 10.0. The Kier molecular flexibility index (Phi) is 2.82. The molecule has 0 unspecified atom stereocenters. The van der Waals surface area contributed by atoms with Gasteiger partial charge in [0.25, 0.3) is 0 Å². The summed E-state index contributed by atoms with van der Waals surface area (Å²) < 4.78 is 12.7. The van der Waals surface area contributed by atoms with Crippen molar-refractivity contribution >= 4 is 0 Å². The Hall–Kier alpha value is -0.890. The van der Waals surface area contributed by atoms with E-state index in [4.69, 9.17) is 5.73 Å². The summed E-state index contributed by atoms with van der Waals surface area (Å²) >= 11 is 0. The van der Waals surface area contributed by atoms with E-state index in [-0.39, 0.29) is 11.9 Å². The Bertz CT molecular complexity index is 271. The topological polar surface area (TPSA) is 26.0 Å². The summed E-state index contributed by atoms with van der Waals surface area (Å²) in [7, 11) is 0. The van der Waals surface area contributed by atoms with E-state index in [0.717, 1.165) is 17.5 Å². The molecule has 1 aromatic rings. The van der Waals surface area contributed by atoms with E-state index in [9.17, 15) is 4.39 Å². The molecule has 12 heavy (non-hydrogen) atoms. The lowest BCUT2D eigenvalue weighted by Crippen LogP contribution is -2.10. The van der Waals surface area contributed by atoms with Gasteiger partial charge in [-0.2, -0.15) is 0 Å². The van der Waals surface area contributed by atoms with Crippen LogP contribution in [0.4, 0.5) is 4.39 Å². The molecule has 0 saturated carbocycles. The molecule has 1 rings (SSSR count). The molecule has 1 aromatic carbocycles. The van der Waals surface area contributed by atoms with Crippen LogP contribution in [0.2, 0.25) is 0 Å². The molecule has 0 bridgehead atoms. The Labute approximate surface area is 72.4 Å². The highest BCUT2D eigenvalue weighted by molar-refractivity contribution is 5.29. The fourth-order valence-corrected chi connectivity index (χ4v) is 1.28. The van der Waals surface area contributed by atoms with Gasteiger partial charge in [-0.1, -0.05) is 13.0 Å². The molecule has 0 radical (unpaired) electrons. The second kappa shape index (κ2) is 3.68. The predicted molar refractivity (Wildman–Crippen MR) is 48.4 cm³/mol. The van der Waals surface area contributed by atoms with Crippen LogP contribution < -0.4 is 5.73 Å². The summed E-state index contributed by atoms with van der Waals surface area (Å²) in [6, 6.07) is 4.77. The normalized spacial score (nSPS) is 13.0. The minimum absolute atomic E-state index is 0.0330. The maximum absolute atomic E-state index is 12.7. The highest BCUT2D eigenvalue weighted by Crippen LogP contribution is 2.18. The fraction of sp³-hybridized carbons (Fsp3) is 0.400. The quantitative estimate of drug-likeness (QED) is 0.719. The van der Waals surface area contributed by atoms with Crippen LogP contribution in [0.15, 0.2) is 18.2 Å². The fourth-order valence-electron chi connectivity index (χ4n) is 1.28. The summed E-state index contributed by atoms with van der Waals surface area (Å²) in [4.78, 5) is 0. The number of hydrogen-bond donors (Lipinski definition) is 1. The molecule has 0 aromatic heterocycles. The highest BCUT2D eigenvalue weighted by atomic mass is 19.1. The third-order valence-corrected chi connectivity index (χ3v) is 2.07. The number of hydrogen-bond acceptors (Lipinski definition) is 1. The van der Waals surface area contributed by atoms with Crippen molar-refractivity contribution in [1.29, 1.82) is 0 Å². The molecule has 1 nitrogen and oxygen atoms in total. The molecule has 0 spiro atoms. The van der Waals surface area contributed by atoms with Crippen LogP contribution in [0.5, 0.6) is 0 Å². The largest absolute Gasteiger partial charge is 0.324 e. The summed E-state index contributed by atoms with van der Waals surface area (Å²) in [6.45, 7) is 3.90. The average Bonchev–Trinajstić information content (AvgIpc) is 2.03. The van der Waals surface area contributed by atoms with Crippen molar-refractivity contribution in [3.05, 3.63) is 35.1 Å². The molecule has 0 fully saturated rings. The maximum atomic E-state index is 12.7. The van der Waals surface area contributed by atoms with Crippen LogP contribution in [-0.4, -0.2) is 0 Å². The molecule has 0 amide bonds. The van der Waals surface area contributed by atoms with Crippen molar-refractivity contribution in [2.24, 2.45) is 5.73 Å². The molecule has 0 aliphatic rings. The smallest absolute Gasteiger partial charge is 0.123 e. The number of aryl methyl sites for hydroxylation is 1.